The van der Waals surface area contributed by atoms with Gasteiger partial charge in [0.1, 0.15) is 0 Å². The second kappa shape index (κ2) is 6.33. The molecule has 2 fully saturated rings. The molecule has 0 spiro atoms. The summed E-state index contributed by atoms with van der Waals surface area (Å²) in [5.74, 6) is 0.293. The molecule has 5 heteroatoms. The highest BCUT2D eigenvalue weighted by molar-refractivity contribution is 5.82. The van der Waals surface area contributed by atoms with Gasteiger partial charge in [0.25, 0.3) is 0 Å². The maximum Gasteiger partial charge on any atom is 0.240 e. The van der Waals surface area contributed by atoms with Gasteiger partial charge in [-0.15, -0.1) is 0 Å². The molecule has 2 aliphatic heterocycles. The lowest BCUT2D eigenvalue weighted by atomic mass is 10.1. The fourth-order valence-electron chi connectivity index (χ4n) is 2.74. The zero-order chi connectivity index (χ0) is 12.1. The lowest BCUT2D eigenvalue weighted by Crippen LogP contribution is -2.52. The van der Waals surface area contributed by atoms with Crippen LogP contribution in [0.1, 0.15) is 19.3 Å². The number of aliphatic hydroxyl groups excluding tert-OH is 1. The van der Waals surface area contributed by atoms with Crippen molar-refractivity contribution in [3.63, 3.8) is 0 Å². The zero-order valence-corrected chi connectivity index (χ0v) is 10.4. The molecule has 2 N–H and O–H groups in total. The molecule has 0 bridgehead atoms. The van der Waals surface area contributed by atoms with Crippen molar-refractivity contribution < 1.29 is 9.90 Å². The summed E-state index contributed by atoms with van der Waals surface area (Å²) in [6.07, 6.45) is 2.85. The molecule has 1 amide bonds. The average Bonchev–Trinajstić information content (AvgIpc) is 2.84. The molecule has 1 unspecified atom stereocenters. The second-order valence-corrected chi connectivity index (χ2v) is 4.85. The molecule has 5 nitrogen and oxygen atoms in total. The summed E-state index contributed by atoms with van der Waals surface area (Å²) in [4.78, 5) is 16.6. The van der Waals surface area contributed by atoms with Gasteiger partial charge < -0.3 is 15.3 Å². The molecule has 0 radical (unpaired) electrons. The van der Waals surface area contributed by atoms with Crippen molar-refractivity contribution >= 4 is 5.91 Å². The van der Waals surface area contributed by atoms with Crippen LogP contribution in [0.5, 0.6) is 0 Å². The Morgan fingerprint density at radius 1 is 1.29 bits per heavy atom. The van der Waals surface area contributed by atoms with E-state index in [9.17, 15) is 4.79 Å². The molecular weight excluding hydrogens is 218 g/mol. The van der Waals surface area contributed by atoms with Gasteiger partial charge in [0.2, 0.25) is 5.91 Å². The minimum atomic E-state index is 0.0691. The molecule has 0 aromatic heterocycles. The minimum Gasteiger partial charge on any atom is -0.396 e. The Labute approximate surface area is 103 Å². The van der Waals surface area contributed by atoms with E-state index >= 15 is 0 Å². The largest absolute Gasteiger partial charge is 0.396 e. The quantitative estimate of drug-likeness (QED) is 0.681. The normalized spacial score (nSPS) is 26.4. The van der Waals surface area contributed by atoms with E-state index in [0.717, 1.165) is 58.5 Å². The van der Waals surface area contributed by atoms with Crippen LogP contribution in [0.25, 0.3) is 0 Å². The van der Waals surface area contributed by atoms with Crippen LogP contribution >= 0.6 is 0 Å². The van der Waals surface area contributed by atoms with Crippen LogP contribution in [0, 0.1) is 0 Å². The van der Waals surface area contributed by atoms with Crippen molar-refractivity contribution in [2.45, 2.75) is 25.3 Å². The lowest BCUT2D eigenvalue weighted by molar-refractivity contribution is -0.136. The molecule has 0 aromatic carbocycles. The maximum absolute atomic E-state index is 12.4. The predicted molar refractivity (Wildman–Crippen MR) is 65.7 cm³/mol. The van der Waals surface area contributed by atoms with E-state index in [1.165, 1.54) is 0 Å². The van der Waals surface area contributed by atoms with Gasteiger partial charge in [-0.2, -0.15) is 0 Å². The first-order valence-corrected chi connectivity index (χ1v) is 6.67. The van der Waals surface area contributed by atoms with Gasteiger partial charge in [0.05, 0.1) is 6.04 Å². The first-order valence-electron chi connectivity index (χ1n) is 6.67. The highest BCUT2D eigenvalue weighted by Gasteiger charge is 2.33. The van der Waals surface area contributed by atoms with Crippen LogP contribution < -0.4 is 5.32 Å². The third-order valence-electron chi connectivity index (χ3n) is 3.68. The van der Waals surface area contributed by atoms with Crippen LogP contribution in [-0.4, -0.2) is 72.7 Å². The number of carbonyl (C=O) groups is 1. The molecule has 0 aromatic rings. The van der Waals surface area contributed by atoms with Gasteiger partial charge in [0.15, 0.2) is 0 Å². The number of aliphatic hydroxyl groups is 1. The van der Waals surface area contributed by atoms with E-state index in [1.807, 2.05) is 4.90 Å². The lowest BCUT2D eigenvalue weighted by Gasteiger charge is -2.32. The van der Waals surface area contributed by atoms with Gasteiger partial charge in [-0.1, -0.05) is 0 Å². The fraction of sp³-hybridized carbons (Fsp3) is 0.917. The monoisotopic (exact) mass is 241 g/mol. The topological polar surface area (TPSA) is 55.8 Å². The number of nitrogens with one attached hydrogen (secondary N) is 1. The highest BCUT2D eigenvalue weighted by Crippen LogP contribution is 2.19. The van der Waals surface area contributed by atoms with Crippen LogP contribution in [0.3, 0.4) is 0 Å². The zero-order valence-electron chi connectivity index (χ0n) is 10.4. The predicted octanol–water partition coefficient (Wildman–Crippen LogP) is -0.735. The van der Waals surface area contributed by atoms with Crippen molar-refractivity contribution in [3.8, 4) is 0 Å². The van der Waals surface area contributed by atoms with Crippen LogP contribution in [0.4, 0.5) is 0 Å². The number of piperazine rings is 1. The van der Waals surface area contributed by atoms with Crippen molar-refractivity contribution in [1.29, 1.82) is 0 Å². The van der Waals surface area contributed by atoms with Crippen LogP contribution in [-0.2, 0) is 4.79 Å². The van der Waals surface area contributed by atoms with Gasteiger partial charge >= 0.3 is 0 Å². The summed E-state index contributed by atoms with van der Waals surface area (Å²) in [7, 11) is 0. The second-order valence-electron chi connectivity index (χ2n) is 4.85. The Morgan fingerprint density at radius 3 is 2.76 bits per heavy atom. The standard InChI is InChI=1S/C12H23N3O2/c16-10-2-7-14-6-1-3-11(14)12(17)15-8-4-13-5-9-15/h11,13,16H,1-10H2. The Hall–Kier alpha value is -0.650. The minimum absolute atomic E-state index is 0.0691. The molecule has 1 atom stereocenters. The van der Waals surface area contributed by atoms with E-state index < -0.39 is 0 Å². The highest BCUT2D eigenvalue weighted by atomic mass is 16.3. The van der Waals surface area contributed by atoms with E-state index in [1.54, 1.807) is 0 Å². The Balaban J connectivity index is 1.88. The Morgan fingerprint density at radius 2 is 2.06 bits per heavy atom. The van der Waals surface area contributed by atoms with E-state index in [4.69, 9.17) is 5.11 Å². The number of hydrogen-bond acceptors (Lipinski definition) is 4. The van der Waals surface area contributed by atoms with Crippen molar-refractivity contribution in [2.75, 3.05) is 45.9 Å². The summed E-state index contributed by atoms with van der Waals surface area (Å²) in [5.41, 5.74) is 0. The SMILES string of the molecule is O=C(C1CCCN1CCCO)N1CCNCC1. The van der Waals surface area contributed by atoms with E-state index in [0.29, 0.717) is 5.91 Å². The first-order chi connectivity index (χ1) is 8.33. The van der Waals surface area contributed by atoms with Gasteiger partial charge in [0, 0.05) is 39.3 Å². The molecule has 0 aliphatic carbocycles. The number of nitrogens with zero attached hydrogens (tertiary/aromatic N) is 2. The third-order valence-corrected chi connectivity index (χ3v) is 3.68. The van der Waals surface area contributed by atoms with Crippen molar-refractivity contribution in [3.05, 3.63) is 0 Å². The summed E-state index contributed by atoms with van der Waals surface area (Å²) in [5, 5.41) is 12.1. The number of likely N-dealkylation sites (tertiary alicyclic amines) is 1. The molecule has 2 saturated heterocycles. The molecule has 2 aliphatic rings. The Bertz CT molecular complexity index is 254. The van der Waals surface area contributed by atoms with Gasteiger partial charge in [-0.05, 0) is 25.8 Å². The third kappa shape index (κ3) is 3.18. The van der Waals surface area contributed by atoms with Crippen molar-refractivity contribution in [1.82, 2.24) is 15.1 Å². The molecule has 17 heavy (non-hydrogen) atoms. The fourth-order valence-corrected chi connectivity index (χ4v) is 2.74. The van der Waals surface area contributed by atoms with Gasteiger partial charge in [-0.25, -0.2) is 0 Å². The summed E-state index contributed by atoms with van der Waals surface area (Å²) >= 11 is 0. The molecule has 0 saturated carbocycles. The summed E-state index contributed by atoms with van der Waals surface area (Å²) < 4.78 is 0. The summed E-state index contributed by atoms with van der Waals surface area (Å²) in [6, 6.07) is 0.0691. The first kappa shape index (κ1) is 12.8. The Kier molecular flexibility index (Phi) is 4.76. The van der Waals surface area contributed by atoms with E-state index in [-0.39, 0.29) is 12.6 Å². The smallest absolute Gasteiger partial charge is 0.240 e. The van der Waals surface area contributed by atoms with Crippen molar-refractivity contribution in [2.24, 2.45) is 0 Å². The van der Waals surface area contributed by atoms with E-state index in [2.05, 4.69) is 10.2 Å². The molecule has 98 valence electrons. The summed E-state index contributed by atoms with van der Waals surface area (Å²) in [6.45, 7) is 5.56. The molecular formula is C12H23N3O2. The van der Waals surface area contributed by atoms with Crippen LogP contribution in [0.15, 0.2) is 0 Å². The number of rotatable bonds is 4. The number of amides is 1. The number of hydrogen-bond donors (Lipinski definition) is 2. The van der Waals surface area contributed by atoms with Crippen LogP contribution in [0.2, 0.25) is 0 Å². The molecule has 2 rings (SSSR count). The molecule has 2 heterocycles. The average molecular weight is 241 g/mol. The maximum atomic E-state index is 12.4. The number of carbonyl (C=O) groups excluding carboxylic acids is 1. The van der Waals surface area contributed by atoms with Gasteiger partial charge in [-0.3, -0.25) is 9.69 Å².